The van der Waals surface area contributed by atoms with Crippen LogP contribution in [-0.4, -0.2) is 95.5 Å². The normalized spacial score (nSPS) is 15.1. The summed E-state index contributed by atoms with van der Waals surface area (Å²) >= 11 is 13.6. The molecule has 1 saturated heterocycles. The number of quaternary nitrogens is 1. The highest BCUT2D eigenvalue weighted by Crippen LogP contribution is 2.46. The second-order valence-electron chi connectivity index (χ2n) is 13.4. The molecule has 0 aliphatic carbocycles. The number of anilines is 2. The quantitative estimate of drug-likeness (QED) is 0.0760. The fourth-order valence-corrected chi connectivity index (χ4v) is 7.44. The van der Waals surface area contributed by atoms with E-state index in [4.69, 9.17) is 32.7 Å². The van der Waals surface area contributed by atoms with Crippen LogP contribution in [0.2, 0.25) is 10.0 Å². The molecule has 16 heteroatoms. The third-order valence-corrected chi connectivity index (χ3v) is 10.1. The number of aliphatic imine (C=N–C) groups is 1. The van der Waals surface area contributed by atoms with Gasteiger partial charge in [-0.3, -0.25) is 9.59 Å². The highest BCUT2D eigenvalue weighted by molar-refractivity contribution is 6.41. The smallest absolute Gasteiger partial charge is 0.368 e. The molecule has 1 aromatic carbocycles. The van der Waals surface area contributed by atoms with Gasteiger partial charge < -0.3 is 38.9 Å². The number of nitrogens with zero attached hydrogens (tertiary/aromatic N) is 7. The van der Waals surface area contributed by atoms with E-state index in [1.165, 1.54) is 14.2 Å². The Kier molecular flexibility index (Phi) is 11.1. The minimum Gasteiger partial charge on any atom is -0.495 e. The van der Waals surface area contributed by atoms with Crippen LogP contribution >= 0.6 is 23.2 Å². The first-order valence-corrected chi connectivity index (χ1v) is 17.7. The summed E-state index contributed by atoms with van der Waals surface area (Å²) in [4.78, 5) is 53.4. The lowest BCUT2D eigenvalue weighted by Crippen LogP contribution is -2.42. The minimum atomic E-state index is -0.454. The number of carbonyl (C=O) groups is 1. The molecule has 0 bridgehead atoms. The number of carbonyl (C=O) groups excluding carboxylic acids is 1. The molecule has 0 unspecified atom stereocenters. The second kappa shape index (κ2) is 15.7. The second-order valence-corrected chi connectivity index (χ2v) is 14.2. The third-order valence-electron chi connectivity index (χ3n) is 9.35. The van der Waals surface area contributed by atoms with Crippen LogP contribution in [0, 0.1) is 10.1 Å². The van der Waals surface area contributed by atoms with Crippen LogP contribution in [0.15, 0.2) is 82.1 Å². The van der Waals surface area contributed by atoms with Gasteiger partial charge in [0.05, 0.1) is 61.6 Å². The van der Waals surface area contributed by atoms with Gasteiger partial charge in [0, 0.05) is 67.1 Å². The molecule has 6 rings (SSSR count). The molecule has 0 atom stereocenters. The molecule has 1 fully saturated rings. The minimum absolute atomic E-state index is 0.0945. The van der Waals surface area contributed by atoms with Crippen molar-refractivity contribution in [1.82, 2.24) is 19.4 Å². The monoisotopic (exact) mass is 761 g/mol. The van der Waals surface area contributed by atoms with Crippen molar-refractivity contribution >= 4 is 57.9 Å². The van der Waals surface area contributed by atoms with Crippen LogP contribution in [-0.2, 0) is 4.79 Å². The van der Waals surface area contributed by atoms with E-state index in [-0.39, 0.29) is 44.5 Å². The van der Waals surface area contributed by atoms with Gasteiger partial charge >= 0.3 is 5.82 Å². The molecule has 1 N–H and O–H groups in total. The van der Waals surface area contributed by atoms with Crippen molar-refractivity contribution in [3.63, 3.8) is 0 Å². The summed E-state index contributed by atoms with van der Waals surface area (Å²) in [7, 11) is 6.85. The van der Waals surface area contributed by atoms with Crippen LogP contribution < -0.4 is 20.3 Å². The molecule has 4 aromatic rings. The number of nitro groups is 1. The number of fused-ring (bicyclic) bond motifs is 1. The van der Waals surface area contributed by atoms with Crippen molar-refractivity contribution in [2.45, 2.75) is 25.3 Å². The average Bonchev–Trinajstić information content (AvgIpc) is 3.60. The zero-order valence-corrected chi connectivity index (χ0v) is 31.2. The molecule has 1 amide bonds. The number of likely N-dealkylation sites (N-methyl/N-ethyl adjacent to an activating group) is 1. The fourth-order valence-electron chi connectivity index (χ4n) is 6.74. The van der Waals surface area contributed by atoms with Gasteiger partial charge in [0.15, 0.2) is 0 Å². The number of pyridine rings is 3. The molecule has 3 aromatic heterocycles. The van der Waals surface area contributed by atoms with E-state index in [0.29, 0.717) is 89.5 Å². The van der Waals surface area contributed by atoms with Gasteiger partial charge in [-0.25, -0.2) is 9.97 Å². The number of nitrogens with one attached hydrogen (secondary N) is 1. The van der Waals surface area contributed by atoms with Gasteiger partial charge in [-0.1, -0.05) is 34.3 Å². The summed E-state index contributed by atoms with van der Waals surface area (Å²) in [5.41, 5.74) is 1.52. The first kappa shape index (κ1) is 37.4. The number of amides is 1. The summed E-state index contributed by atoms with van der Waals surface area (Å²) in [5.74, 6) is 1.46. The lowest BCUT2D eigenvalue weighted by Gasteiger charge is -2.33. The zero-order chi connectivity index (χ0) is 37.9. The largest absolute Gasteiger partial charge is 0.495 e. The first-order valence-electron chi connectivity index (χ1n) is 16.9. The molecule has 14 nitrogen and oxygen atoms in total. The Bertz CT molecular complexity index is 2180. The number of hydrogen-bond acceptors (Lipinski definition) is 10. The lowest BCUT2D eigenvalue weighted by atomic mass is 10.00. The van der Waals surface area contributed by atoms with Crippen molar-refractivity contribution in [3.8, 4) is 22.6 Å². The Morgan fingerprint density at radius 2 is 1.79 bits per heavy atom. The van der Waals surface area contributed by atoms with Gasteiger partial charge in [-0.2, -0.15) is 0 Å². The average molecular weight is 763 g/mol. The van der Waals surface area contributed by atoms with Crippen molar-refractivity contribution in [3.05, 3.63) is 103 Å². The van der Waals surface area contributed by atoms with E-state index in [0.717, 1.165) is 0 Å². The molecule has 0 spiro atoms. The number of aromatic nitrogens is 3. The number of ether oxygens (including phenoxy) is 2. The number of piperidine rings is 1. The lowest BCUT2D eigenvalue weighted by molar-refractivity contribution is -0.880. The molecule has 276 valence electrons. The predicted molar refractivity (Wildman–Crippen MR) is 205 cm³/mol. The Morgan fingerprint density at radius 3 is 2.43 bits per heavy atom. The van der Waals surface area contributed by atoms with Gasteiger partial charge in [0.1, 0.15) is 35.9 Å². The summed E-state index contributed by atoms with van der Waals surface area (Å²) in [5, 5.41) is 15.5. The summed E-state index contributed by atoms with van der Waals surface area (Å²) < 4.78 is 13.2. The van der Waals surface area contributed by atoms with Crippen molar-refractivity contribution in [1.29, 1.82) is 0 Å². The van der Waals surface area contributed by atoms with E-state index in [1.54, 1.807) is 52.4 Å². The molecule has 2 aliphatic heterocycles. The van der Waals surface area contributed by atoms with E-state index in [9.17, 15) is 19.7 Å². The Balaban J connectivity index is 1.28. The number of methoxy groups -OCH3 is 2. The highest BCUT2D eigenvalue weighted by atomic mass is 35.5. The van der Waals surface area contributed by atoms with E-state index < -0.39 is 4.92 Å². The van der Waals surface area contributed by atoms with E-state index in [2.05, 4.69) is 20.3 Å². The number of benzene rings is 1. The van der Waals surface area contributed by atoms with Gasteiger partial charge in [-0.15, -0.1) is 0 Å². The van der Waals surface area contributed by atoms with Crippen molar-refractivity contribution in [2.24, 2.45) is 4.99 Å². The van der Waals surface area contributed by atoms with Crippen LogP contribution in [0.3, 0.4) is 0 Å². The topological polar surface area (TPSA) is 154 Å². The third kappa shape index (κ3) is 8.04. The molecular formula is C37H39Cl2N8O6+. The highest BCUT2D eigenvalue weighted by Gasteiger charge is 2.30. The maximum Gasteiger partial charge on any atom is 0.368 e. The molecule has 0 radical (unpaired) electrons. The van der Waals surface area contributed by atoms with Gasteiger partial charge in [0.25, 0.3) is 5.56 Å². The van der Waals surface area contributed by atoms with Crippen LogP contribution in [0.25, 0.3) is 22.0 Å². The van der Waals surface area contributed by atoms with Crippen LogP contribution in [0.4, 0.5) is 11.6 Å². The predicted octanol–water partition coefficient (Wildman–Crippen LogP) is 6.29. The zero-order valence-electron chi connectivity index (χ0n) is 29.7. The number of halogens is 2. The molecule has 0 saturated carbocycles. The maximum atomic E-state index is 14.7. The summed E-state index contributed by atoms with van der Waals surface area (Å²) in [6.07, 6.45) is 9.72. The van der Waals surface area contributed by atoms with Gasteiger partial charge in [-0.05, 0) is 42.0 Å². The first-order chi connectivity index (χ1) is 25.4. The van der Waals surface area contributed by atoms with Gasteiger partial charge in [0.2, 0.25) is 5.91 Å². The van der Waals surface area contributed by atoms with Crippen LogP contribution in [0.1, 0.15) is 25.3 Å². The maximum absolute atomic E-state index is 14.7. The van der Waals surface area contributed by atoms with Crippen molar-refractivity contribution < 1.29 is 23.7 Å². The molecule has 53 heavy (non-hydrogen) atoms. The SMILES string of the molecule is COc1cc(OC)c(Cl)c(-c2cc3cnc(Nc4ccccn4)cc3n(C3CCN(C(=O)/C=C/C[N+](C)(C)CC4=C([N+](=O)[O-])N=CC4)CC3)c2=O)c1Cl. The number of likely N-dealkylation sites (tertiary alicyclic amines) is 1. The summed E-state index contributed by atoms with van der Waals surface area (Å²) in [6, 6.07) is 10.3. The standard InChI is InChI=1S/C37H38Cl2N8O6/c1-47(2,22-23-10-14-41-36(23)46(50)51)17-7-9-32(48)44-15-11-25(12-16-44)45-27-19-31(43-30-8-5-6-13-40-30)42-21-24(27)18-26(37(45)49)33-34(38)28(52-3)20-29(53-4)35(33)39/h5-9,13-14,18-21,25H,10-12,15-17,22H2,1-4H3/p+1/b9-7+. The molecule has 5 heterocycles. The summed E-state index contributed by atoms with van der Waals surface area (Å²) in [6.45, 7) is 1.77. The Labute approximate surface area is 315 Å². The molecular weight excluding hydrogens is 723 g/mol. The number of rotatable bonds is 12. The Morgan fingerprint density at radius 1 is 1.08 bits per heavy atom. The molecule has 2 aliphatic rings. The number of hydrogen-bond donors (Lipinski definition) is 1. The van der Waals surface area contributed by atoms with E-state index >= 15 is 0 Å². The van der Waals surface area contributed by atoms with Crippen LogP contribution in [0.5, 0.6) is 11.5 Å². The van der Waals surface area contributed by atoms with E-state index in [1.807, 2.05) is 38.4 Å². The fraction of sp³-hybridized carbons (Fsp3) is 0.324. The Hall–Kier alpha value is -5.31. The van der Waals surface area contributed by atoms with Crippen molar-refractivity contribution in [2.75, 3.05) is 59.8 Å².